The standard InChI is InChI=1S/C24H18F4N2O/c25-19-11-17(10-9-16-5-2-1-3-6-16)12-20(26)24(19)30-13-18-7-4-8-21(23(18)29-15-30)31-14-22(27)28/h1-8,11-12,22,29H,13-15H2. The van der Waals surface area contributed by atoms with Crippen LogP contribution in [0.15, 0.2) is 60.7 Å². The van der Waals surface area contributed by atoms with Crippen molar-refractivity contribution in [1.82, 2.24) is 0 Å². The molecule has 0 bridgehead atoms. The fourth-order valence-electron chi connectivity index (χ4n) is 3.38. The largest absolute Gasteiger partial charge is 0.485 e. The lowest BCUT2D eigenvalue weighted by atomic mass is 10.1. The van der Waals surface area contributed by atoms with Gasteiger partial charge in [-0.15, -0.1) is 0 Å². The number of anilines is 2. The van der Waals surface area contributed by atoms with Crippen LogP contribution in [0, 0.1) is 23.5 Å². The summed E-state index contributed by atoms with van der Waals surface area (Å²) in [6.07, 6.45) is -2.59. The van der Waals surface area contributed by atoms with Gasteiger partial charge in [-0.1, -0.05) is 42.2 Å². The maximum atomic E-state index is 14.8. The summed E-state index contributed by atoms with van der Waals surface area (Å²) in [5.74, 6) is 4.48. The van der Waals surface area contributed by atoms with Gasteiger partial charge in [-0.2, -0.15) is 0 Å². The van der Waals surface area contributed by atoms with Crippen molar-refractivity contribution in [3.8, 4) is 17.6 Å². The highest BCUT2D eigenvalue weighted by Crippen LogP contribution is 2.35. The van der Waals surface area contributed by atoms with Gasteiger partial charge >= 0.3 is 0 Å². The summed E-state index contributed by atoms with van der Waals surface area (Å²) in [6.45, 7) is -0.446. The van der Waals surface area contributed by atoms with Crippen LogP contribution >= 0.6 is 0 Å². The number of halogens is 4. The molecule has 7 heteroatoms. The molecule has 0 saturated carbocycles. The first-order valence-electron chi connectivity index (χ1n) is 9.59. The van der Waals surface area contributed by atoms with E-state index in [0.29, 0.717) is 11.3 Å². The average molecular weight is 426 g/mol. The van der Waals surface area contributed by atoms with Gasteiger partial charge in [-0.25, -0.2) is 17.6 Å². The van der Waals surface area contributed by atoms with Crippen LogP contribution < -0.4 is 15.0 Å². The second kappa shape index (κ2) is 9.00. The molecule has 0 saturated heterocycles. The molecule has 0 radical (unpaired) electrons. The van der Waals surface area contributed by atoms with E-state index in [1.165, 1.54) is 17.0 Å². The molecule has 0 amide bonds. The maximum Gasteiger partial charge on any atom is 0.272 e. The highest BCUT2D eigenvalue weighted by atomic mass is 19.3. The molecule has 4 rings (SSSR count). The molecule has 1 N–H and O–H groups in total. The summed E-state index contributed by atoms with van der Waals surface area (Å²) in [7, 11) is 0. The Bertz CT molecular complexity index is 1120. The van der Waals surface area contributed by atoms with E-state index in [9.17, 15) is 17.6 Å². The van der Waals surface area contributed by atoms with Gasteiger partial charge in [0.2, 0.25) is 0 Å². The fourth-order valence-corrected chi connectivity index (χ4v) is 3.38. The van der Waals surface area contributed by atoms with Gasteiger partial charge in [0.05, 0.1) is 12.4 Å². The number of hydrogen-bond acceptors (Lipinski definition) is 3. The van der Waals surface area contributed by atoms with E-state index in [0.717, 1.165) is 5.56 Å². The van der Waals surface area contributed by atoms with Crippen molar-refractivity contribution < 1.29 is 22.3 Å². The highest BCUT2D eigenvalue weighted by molar-refractivity contribution is 5.67. The van der Waals surface area contributed by atoms with Crippen molar-refractivity contribution in [2.75, 3.05) is 23.5 Å². The monoisotopic (exact) mass is 426 g/mol. The number of nitrogens with one attached hydrogen (secondary N) is 1. The summed E-state index contributed by atoms with van der Waals surface area (Å²) >= 11 is 0. The molecule has 1 heterocycles. The van der Waals surface area contributed by atoms with Crippen LogP contribution in [0.2, 0.25) is 0 Å². The summed E-state index contributed by atoms with van der Waals surface area (Å²) in [6, 6.07) is 16.5. The number of ether oxygens (including phenoxy) is 1. The molecule has 1 aliphatic heterocycles. The number of alkyl halides is 2. The third-order valence-electron chi connectivity index (χ3n) is 4.74. The van der Waals surface area contributed by atoms with Gasteiger partial charge in [-0.3, -0.25) is 0 Å². The Morgan fingerprint density at radius 1 is 0.935 bits per heavy atom. The normalized spacial score (nSPS) is 12.6. The van der Waals surface area contributed by atoms with Gasteiger partial charge < -0.3 is 15.0 Å². The van der Waals surface area contributed by atoms with Crippen LogP contribution in [0.5, 0.6) is 5.75 Å². The second-order valence-corrected chi connectivity index (χ2v) is 6.93. The molecule has 31 heavy (non-hydrogen) atoms. The minimum atomic E-state index is -2.59. The number of rotatable bonds is 4. The number of para-hydroxylation sites is 1. The minimum absolute atomic E-state index is 0.0882. The molecular weight excluding hydrogens is 408 g/mol. The summed E-state index contributed by atoms with van der Waals surface area (Å²) in [5, 5.41) is 3.01. The first-order chi connectivity index (χ1) is 15.0. The van der Waals surface area contributed by atoms with E-state index in [1.54, 1.807) is 18.2 Å². The molecule has 3 aromatic rings. The van der Waals surface area contributed by atoms with E-state index >= 15 is 0 Å². The van der Waals surface area contributed by atoms with E-state index in [-0.39, 0.29) is 30.2 Å². The molecule has 0 aliphatic carbocycles. The fraction of sp³-hybridized carbons (Fsp3) is 0.167. The predicted molar refractivity (Wildman–Crippen MR) is 111 cm³/mol. The number of nitrogens with zero attached hydrogens (tertiary/aromatic N) is 1. The van der Waals surface area contributed by atoms with Crippen molar-refractivity contribution in [2.24, 2.45) is 0 Å². The van der Waals surface area contributed by atoms with Gasteiger partial charge in [0, 0.05) is 17.7 Å². The van der Waals surface area contributed by atoms with Crippen LogP contribution in [0.4, 0.5) is 28.9 Å². The molecule has 0 unspecified atom stereocenters. The topological polar surface area (TPSA) is 24.5 Å². The Hall–Kier alpha value is -3.66. The SMILES string of the molecule is Fc1cc(C#Cc2ccccc2)cc(F)c1N1CNc2c(cccc2OCC(F)F)C1. The highest BCUT2D eigenvalue weighted by Gasteiger charge is 2.24. The van der Waals surface area contributed by atoms with Crippen molar-refractivity contribution >= 4 is 11.4 Å². The summed E-state index contributed by atoms with van der Waals surface area (Å²) in [4.78, 5) is 1.50. The third kappa shape index (κ3) is 4.75. The Kier molecular flexibility index (Phi) is 5.99. The molecule has 0 aromatic heterocycles. The van der Waals surface area contributed by atoms with Crippen molar-refractivity contribution in [2.45, 2.75) is 13.0 Å². The summed E-state index contributed by atoms with van der Waals surface area (Å²) < 4.78 is 59.7. The number of fused-ring (bicyclic) bond motifs is 1. The van der Waals surface area contributed by atoms with Crippen LogP contribution in [-0.4, -0.2) is 19.7 Å². The first kappa shape index (κ1) is 20.6. The van der Waals surface area contributed by atoms with E-state index in [1.807, 2.05) is 30.3 Å². The van der Waals surface area contributed by atoms with E-state index < -0.39 is 24.7 Å². The molecule has 158 valence electrons. The average Bonchev–Trinajstić information content (AvgIpc) is 2.76. The zero-order valence-electron chi connectivity index (χ0n) is 16.3. The third-order valence-corrected chi connectivity index (χ3v) is 4.74. The van der Waals surface area contributed by atoms with E-state index in [4.69, 9.17) is 4.74 Å². The molecule has 1 aliphatic rings. The zero-order chi connectivity index (χ0) is 21.8. The quantitative estimate of drug-likeness (QED) is 0.447. The smallest absolute Gasteiger partial charge is 0.272 e. The lowest BCUT2D eigenvalue weighted by molar-refractivity contribution is 0.0822. The Morgan fingerprint density at radius 2 is 1.65 bits per heavy atom. The zero-order valence-corrected chi connectivity index (χ0v) is 16.3. The van der Waals surface area contributed by atoms with Gasteiger partial charge in [0.25, 0.3) is 6.43 Å². The minimum Gasteiger partial charge on any atom is -0.485 e. The Morgan fingerprint density at radius 3 is 2.35 bits per heavy atom. The number of hydrogen-bond donors (Lipinski definition) is 1. The lowest BCUT2D eigenvalue weighted by Crippen LogP contribution is -2.35. The molecule has 0 atom stereocenters. The van der Waals surface area contributed by atoms with Crippen molar-refractivity contribution in [3.63, 3.8) is 0 Å². The van der Waals surface area contributed by atoms with Gasteiger partial charge in [0.15, 0.2) is 11.6 Å². The van der Waals surface area contributed by atoms with Crippen molar-refractivity contribution in [3.05, 3.63) is 89.0 Å². The number of benzene rings is 3. The molecule has 3 nitrogen and oxygen atoms in total. The molecular formula is C24H18F4N2O. The maximum absolute atomic E-state index is 14.8. The van der Waals surface area contributed by atoms with Crippen LogP contribution in [0.1, 0.15) is 16.7 Å². The second-order valence-electron chi connectivity index (χ2n) is 6.93. The van der Waals surface area contributed by atoms with Gasteiger partial charge in [-0.05, 0) is 35.9 Å². The lowest BCUT2D eigenvalue weighted by Gasteiger charge is -2.33. The molecule has 0 spiro atoms. The van der Waals surface area contributed by atoms with Crippen LogP contribution in [0.25, 0.3) is 0 Å². The van der Waals surface area contributed by atoms with Gasteiger partial charge in [0.1, 0.15) is 18.0 Å². The van der Waals surface area contributed by atoms with Crippen LogP contribution in [0.3, 0.4) is 0 Å². The predicted octanol–water partition coefficient (Wildman–Crippen LogP) is 5.40. The Labute approximate surface area is 177 Å². The molecule has 3 aromatic carbocycles. The Balaban J connectivity index is 1.56. The van der Waals surface area contributed by atoms with Crippen molar-refractivity contribution in [1.29, 1.82) is 0 Å². The molecule has 0 fully saturated rings. The van der Waals surface area contributed by atoms with Crippen LogP contribution in [-0.2, 0) is 6.54 Å². The first-order valence-corrected chi connectivity index (χ1v) is 9.59. The van der Waals surface area contributed by atoms with E-state index in [2.05, 4.69) is 17.2 Å². The summed E-state index contributed by atoms with van der Waals surface area (Å²) in [5.41, 5.74) is 2.03.